The van der Waals surface area contributed by atoms with Crippen LogP contribution in [0.3, 0.4) is 0 Å². The average molecular weight is 289 g/mol. The Bertz CT molecular complexity index is 510. The molecular weight excluding hydrogens is 278 g/mol. The van der Waals surface area contributed by atoms with Crippen molar-refractivity contribution in [2.24, 2.45) is 0 Å². The van der Waals surface area contributed by atoms with E-state index in [1.54, 1.807) is 6.07 Å². The highest BCUT2D eigenvalue weighted by atomic mass is 35.5. The highest BCUT2D eigenvalue weighted by Gasteiger charge is 2.12. The predicted molar refractivity (Wildman–Crippen MR) is 69.4 cm³/mol. The van der Waals surface area contributed by atoms with Crippen molar-refractivity contribution in [2.75, 3.05) is 0 Å². The van der Waals surface area contributed by atoms with Crippen molar-refractivity contribution in [3.05, 3.63) is 56.7 Å². The molecule has 1 aromatic carbocycles. The zero-order valence-corrected chi connectivity index (χ0v) is 10.9. The van der Waals surface area contributed by atoms with Gasteiger partial charge in [0.05, 0.1) is 10.4 Å². The fraction of sp³-hybridized carbons (Fsp3) is 0.231. The molecule has 0 amide bonds. The van der Waals surface area contributed by atoms with Gasteiger partial charge in [0.15, 0.2) is 0 Å². The summed E-state index contributed by atoms with van der Waals surface area (Å²) in [6, 6.07) is 9.36. The van der Waals surface area contributed by atoms with Crippen molar-refractivity contribution in [2.45, 2.75) is 19.0 Å². The SMILES string of the molecule is OC(Cc1ccc(Cl)s1)c1ccc(C(F)F)cc1. The van der Waals surface area contributed by atoms with Crippen molar-refractivity contribution in [3.63, 3.8) is 0 Å². The molecular formula is C13H11ClF2OS. The van der Waals surface area contributed by atoms with E-state index in [1.807, 2.05) is 6.07 Å². The molecule has 96 valence electrons. The summed E-state index contributed by atoms with van der Waals surface area (Å²) in [5, 5.41) is 9.99. The first-order valence-corrected chi connectivity index (χ1v) is 6.56. The number of benzene rings is 1. The molecule has 0 aliphatic carbocycles. The van der Waals surface area contributed by atoms with Gasteiger partial charge in [-0.2, -0.15) is 0 Å². The molecule has 0 aliphatic rings. The van der Waals surface area contributed by atoms with E-state index in [2.05, 4.69) is 0 Å². The normalized spacial score (nSPS) is 12.9. The lowest BCUT2D eigenvalue weighted by Gasteiger charge is -2.10. The first-order chi connectivity index (χ1) is 8.56. The second-order valence-electron chi connectivity index (χ2n) is 3.89. The Morgan fingerprint density at radius 1 is 1.06 bits per heavy atom. The molecule has 0 bridgehead atoms. The Morgan fingerprint density at radius 2 is 1.67 bits per heavy atom. The maximum Gasteiger partial charge on any atom is 0.263 e. The summed E-state index contributed by atoms with van der Waals surface area (Å²) in [7, 11) is 0. The zero-order chi connectivity index (χ0) is 13.1. The van der Waals surface area contributed by atoms with Crippen LogP contribution in [0.15, 0.2) is 36.4 Å². The number of hydrogen-bond donors (Lipinski definition) is 1. The van der Waals surface area contributed by atoms with Crippen LogP contribution in [0.2, 0.25) is 4.34 Å². The van der Waals surface area contributed by atoms with Gasteiger partial charge in [0.25, 0.3) is 6.43 Å². The van der Waals surface area contributed by atoms with Crippen LogP contribution in [0.25, 0.3) is 0 Å². The van der Waals surface area contributed by atoms with Gasteiger partial charge >= 0.3 is 0 Å². The minimum Gasteiger partial charge on any atom is -0.388 e. The van der Waals surface area contributed by atoms with Crippen LogP contribution < -0.4 is 0 Å². The smallest absolute Gasteiger partial charge is 0.263 e. The quantitative estimate of drug-likeness (QED) is 0.871. The third-order valence-corrected chi connectivity index (χ3v) is 3.85. The molecule has 1 nitrogen and oxygen atoms in total. The average Bonchev–Trinajstić information content (AvgIpc) is 2.75. The van der Waals surface area contributed by atoms with Crippen LogP contribution in [-0.2, 0) is 6.42 Å². The van der Waals surface area contributed by atoms with E-state index >= 15 is 0 Å². The molecule has 0 aliphatic heterocycles. The molecule has 0 fully saturated rings. The number of aliphatic hydroxyl groups excluding tert-OH is 1. The molecule has 2 rings (SSSR count). The molecule has 0 spiro atoms. The van der Waals surface area contributed by atoms with E-state index in [9.17, 15) is 13.9 Å². The van der Waals surface area contributed by atoms with Gasteiger partial charge in [-0.25, -0.2) is 8.78 Å². The van der Waals surface area contributed by atoms with Crippen molar-refractivity contribution < 1.29 is 13.9 Å². The minimum absolute atomic E-state index is 0.0369. The van der Waals surface area contributed by atoms with E-state index in [0.29, 0.717) is 16.3 Å². The van der Waals surface area contributed by atoms with Gasteiger partial charge in [-0.15, -0.1) is 11.3 Å². The predicted octanol–water partition coefficient (Wildman–Crippen LogP) is 4.62. The molecule has 2 aromatic rings. The van der Waals surface area contributed by atoms with E-state index in [-0.39, 0.29) is 5.56 Å². The maximum atomic E-state index is 12.4. The van der Waals surface area contributed by atoms with Gasteiger partial charge < -0.3 is 5.11 Å². The number of rotatable bonds is 4. The number of halogens is 3. The van der Waals surface area contributed by atoms with Crippen LogP contribution >= 0.6 is 22.9 Å². The van der Waals surface area contributed by atoms with Crippen LogP contribution in [0.5, 0.6) is 0 Å². The molecule has 5 heteroatoms. The van der Waals surface area contributed by atoms with E-state index < -0.39 is 12.5 Å². The maximum absolute atomic E-state index is 12.4. The lowest BCUT2D eigenvalue weighted by atomic mass is 10.0. The Morgan fingerprint density at radius 3 is 2.17 bits per heavy atom. The Kier molecular flexibility index (Phi) is 4.32. The van der Waals surface area contributed by atoms with Crippen molar-refractivity contribution in [1.29, 1.82) is 0 Å². The molecule has 0 saturated carbocycles. The van der Waals surface area contributed by atoms with Crippen LogP contribution in [0, 0.1) is 0 Å². The fourth-order valence-corrected chi connectivity index (χ4v) is 2.76. The standard InChI is InChI=1S/C13H11ClF2OS/c14-12-6-5-10(18-12)7-11(17)8-1-3-9(4-2-8)13(15)16/h1-6,11,13,17H,7H2. The number of alkyl halides is 2. The highest BCUT2D eigenvalue weighted by molar-refractivity contribution is 7.16. The van der Waals surface area contributed by atoms with Gasteiger partial charge in [0.1, 0.15) is 0 Å². The monoisotopic (exact) mass is 288 g/mol. The Balaban J connectivity index is 2.06. The second kappa shape index (κ2) is 5.78. The zero-order valence-electron chi connectivity index (χ0n) is 9.32. The van der Waals surface area contributed by atoms with E-state index in [0.717, 1.165) is 4.88 Å². The molecule has 18 heavy (non-hydrogen) atoms. The van der Waals surface area contributed by atoms with Crippen LogP contribution in [-0.4, -0.2) is 5.11 Å². The number of aliphatic hydroxyl groups is 1. The summed E-state index contributed by atoms with van der Waals surface area (Å²) < 4.78 is 25.4. The highest BCUT2D eigenvalue weighted by Crippen LogP contribution is 2.27. The lowest BCUT2D eigenvalue weighted by Crippen LogP contribution is -2.00. The van der Waals surface area contributed by atoms with Gasteiger partial charge in [0, 0.05) is 16.9 Å². The van der Waals surface area contributed by atoms with Crippen LogP contribution in [0.4, 0.5) is 8.78 Å². The second-order valence-corrected chi connectivity index (χ2v) is 5.69. The summed E-state index contributed by atoms with van der Waals surface area (Å²) in [5.74, 6) is 0. The molecule has 1 atom stereocenters. The van der Waals surface area contributed by atoms with E-state index in [4.69, 9.17) is 11.6 Å². The Hall–Kier alpha value is -0.970. The first kappa shape index (κ1) is 13.5. The third kappa shape index (κ3) is 3.28. The molecule has 1 aromatic heterocycles. The molecule has 0 radical (unpaired) electrons. The minimum atomic E-state index is -2.48. The molecule has 1 heterocycles. The van der Waals surface area contributed by atoms with Crippen molar-refractivity contribution in [1.82, 2.24) is 0 Å². The summed E-state index contributed by atoms with van der Waals surface area (Å²) in [4.78, 5) is 0.963. The first-order valence-electron chi connectivity index (χ1n) is 5.36. The summed E-state index contributed by atoms with van der Waals surface area (Å²) in [6.45, 7) is 0. The number of hydrogen-bond acceptors (Lipinski definition) is 2. The topological polar surface area (TPSA) is 20.2 Å². The van der Waals surface area contributed by atoms with Gasteiger partial charge in [-0.3, -0.25) is 0 Å². The largest absolute Gasteiger partial charge is 0.388 e. The fourth-order valence-electron chi connectivity index (χ4n) is 1.63. The number of thiophene rings is 1. The Labute approximate surface area is 113 Å². The molecule has 1 N–H and O–H groups in total. The lowest BCUT2D eigenvalue weighted by molar-refractivity contribution is 0.151. The molecule has 1 unspecified atom stereocenters. The van der Waals surface area contributed by atoms with Crippen molar-refractivity contribution >= 4 is 22.9 Å². The van der Waals surface area contributed by atoms with Gasteiger partial charge in [0.2, 0.25) is 0 Å². The van der Waals surface area contributed by atoms with Gasteiger partial charge in [-0.1, -0.05) is 35.9 Å². The summed E-state index contributed by atoms with van der Waals surface area (Å²) >= 11 is 7.20. The van der Waals surface area contributed by atoms with E-state index in [1.165, 1.54) is 35.6 Å². The summed E-state index contributed by atoms with van der Waals surface area (Å²) in [6.07, 6.45) is -2.75. The summed E-state index contributed by atoms with van der Waals surface area (Å²) in [5.41, 5.74) is 0.592. The molecule has 0 saturated heterocycles. The van der Waals surface area contributed by atoms with Crippen molar-refractivity contribution in [3.8, 4) is 0 Å². The van der Waals surface area contributed by atoms with Gasteiger partial charge in [-0.05, 0) is 17.7 Å². The third-order valence-electron chi connectivity index (χ3n) is 2.60. The van der Waals surface area contributed by atoms with Crippen LogP contribution in [0.1, 0.15) is 28.5 Å².